The number of hydrogen-bond acceptors (Lipinski definition) is 2. The minimum atomic E-state index is 0.779. The Balaban J connectivity index is 2.82. The smallest absolute Gasteiger partial charge is 0.0907 e. The lowest BCUT2D eigenvalue weighted by Gasteiger charge is -1.86. The highest BCUT2D eigenvalue weighted by Gasteiger charge is 1.98. The molecule has 11 heavy (non-hydrogen) atoms. The van der Waals surface area contributed by atoms with Gasteiger partial charge in [0.2, 0.25) is 0 Å². The predicted molar refractivity (Wildman–Crippen MR) is 49.4 cm³/mol. The van der Waals surface area contributed by atoms with Crippen molar-refractivity contribution in [3.8, 4) is 0 Å². The summed E-state index contributed by atoms with van der Waals surface area (Å²) in [5.74, 6) is 0. The zero-order valence-corrected chi connectivity index (χ0v) is 7.54. The van der Waals surface area contributed by atoms with Crippen molar-refractivity contribution >= 4 is 33.2 Å². The number of halogens is 1. The Kier molecular flexibility index (Phi) is 1.59. The number of nitrogens with zero attached hydrogens (tertiary/aromatic N) is 1. The number of fused-ring (bicyclic) bond motifs is 1. The highest BCUT2D eigenvalue weighted by Crippen LogP contribution is 2.24. The van der Waals surface area contributed by atoms with E-state index < -0.39 is 0 Å². The highest BCUT2D eigenvalue weighted by molar-refractivity contribution is 7.18. The Bertz CT molecular complexity index is 394. The largest absolute Gasteiger partial charge is 0.242 e. The van der Waals surface area contributed by atoms with Crippen molar-refractivity contribution in [1.82, 2.24) is 4.98 Å². The van der Waals surface area contributed by atoms with Gasteiger partial charge in [-0.05, 0) is 25.1 Å². The normalized spacial score (nSPS) is 10.7. The van der Waals surface area contributed by atoms with Gasteiger partial charge in [0.25, 0.3) is 0 Å². The van der Waals surface area contributed by atoms with Crippen LogP contribution in [0, 0.1) is 6.92 Å². The molecule has 0 unspecified atom stereocenters. The van der Waals surface area contributed by atoms with Gasteiger partial charge in [-0.3, -0.25) is 0 Å². The van der Waals surface area contributed by atoms with Crippen LogP contribution in [0.3, 0.4) is 0 Å². The van der Waals surface area contributed by atoms with Gasteiger partial charge < -0.3 is 0 Å². The molecule has 0 atom stereocenters. The molecule has 1 nitrogen and oxygen atoms in total. The second-order valence-corrected chi connectivity index (χ2v) is 4.02. The number of benzene rings is 1. The SMILES string of the molecule is Cc1nc2ccc(Cl)cc2s1. The second kappa shape index (κ2) is 2.47. The van der Waals surface area contributed by atoms with Crippen molar-refractivity contribution < 1.29 is 0 Å². The Labute approximate surface area is 73.6 Å². The number of rotatable bonds is 0. The molecule has 0 aliphatic heterocycles. The van der Waals surface area contributed by atoms with Crippen LogP contribution in [0.5, 0.6) is 0 Å². The molecule has 0 saturated carbocycles. The predicted octanol–water partition coefficient (Wildman–Crippen LogP) is 3.26. The highest BCUT2D eigenvalue weighted by atomic mass is 35.5. The van der Waals surface area contributed by atoms with E-state index in [-0.39, 0.29) is 0 Å². The molecule has 2 aromatic rings. The molecular weight excluding hydrogens is 178 g/mol. The molecule has 1 heterocycles. The van der Waals surface area contributed by atoms with Crippen molar-refractivity contribution in [3.05, 3.63) is 28.2 Å². The quantitative estimate of drug-likeness (QED) is 0.611. The van der Waals surface area contributed by atoms with Crippen LogP contribution in [0.4, 0.5) is 0 Å². The lowest BCUT2D eigenvalue weighted by atomic mass is 10.3. The summed E-state index contributed by atoms with van der Waals surface area (Å²) in [6.45, 7) is 2.00. The lowest BCUT2D eigenvalue weighted by molar-refractivity contribution is 1.35. The molecule has 0 aliphatic rings. The number of hydrogen-bond donors (Lipinski definition) is 0. The summed E-state index contributed by atoms with van der Waals surface area (Å²) in [4.78, 5) is 4.31. The minimum Gasteiger partial charge on any atom is -0.242 e. The van der Waals surface area contributed by atoms with Gasteiger partial charge in [0.05, 0.1) is 15.2 Å². The Hall–Kier alpha value is -0.600. The van der Waals surface area contributed by atoms with Crippen molar-refractivity contribution in [2.45, 2.75) is 6.92 Å². The van der Waals surface area contributed by atoms with E-state index >= 15 is 0 Å². The van der Waals surface area contributed by atoms with Crippen LogP contribution in [-0.2, 0) is 0 Å². The maximum atomic E-state index is 5.81. The van der Waals surface area contributed by atoms with Gasteiger partial charge in [0.15, 0.2) is 0 Å². The van der Waals surface area contributed by atoms with Crippen molar-refractivity contribution in [2.75, 3.05) is 0 Å². The molecule has 0 aliphatic carbocycles. The van der Waals surface area contributed by atoms with E-state index in [0.717, 1.165) is 20.2 Å². The van der Waals surface area contributed by atoms with E-state index in [0.29, 0.717) is 0 Å². The number of aromatic nitrogens is 1. The average Bonchev–Trinajstić information content (AvgIpc) is 2.27. The van der Waals surface area contributed by atoms with E-state index in [1.165, 1.54) is 0 Å². The summed E-state index contributed by atoms with van der Waals surface area (Å²) in [6.07, 6.45) is 0. The van der Waals surface area contributed by atoms with E-state index in [4.69, 9.17) is 11.6 Å². The van der Waals surface area contributed by atoms with Crippen LogP contribution in [0.1, 0.15) is 5.01 Å². The molecule has 0 amide bonds. The average molecular weight is 184 g/mol. The van der Waals surface area contributed by atoms with Crippen LogP contribution in [-0.4, -0.2) is 4.98 Å². The summed E-state index contributed by atoms with van der Waals surface area (Å²) in [6, 6.07) is 5.76. The summed E-state index contributed by atoms with van der Waals surface area (Å²) in [5.41, 5.74) is 1.04. The third-order valence-corrected chi connectivity index (χ3v) is 2.63. The summed E-state index contributed by atoms with van der Waals surface area (Å²) in [5, 5.41) is 1.86. The fourth-order valence-electron chi connectivity index (χ4n) is 1.01. The van der Waals surface area contributed by atoms with Crippen molar-refractivity contribution in [1.29, 1.82) is 0 Å². The zero-order valence-electron chi connectivity index (χ0n) is 5.97. The molecule has 0 fully saturated rings. The third kappa shape index (κ3) is 1.24. The van der Waals surface area contributed by atoms with Gasteiger partial charge in [-0.1, -0.05) is 11.6 Å². The first-order valence-electron chi connectivity index (χ1n) is 3.28. The molecule has 56 valence electrons. The van der Waals surface area contributed by atoms with Gasteiger partial charge >= 0.3 is 0 Å². The second-order valence-electron chi connectivity index (χ2n) is 2.34. The van der Waals surface area contributed by atoms with Gasteiger partial charge in [0, 0.05) is 5.02 Å². The van der Waals surface area contributed by atoms with Gasteiger partial charge in [0.1, 0.15) is 0 Å². The molecule has 0 spiro atoms. The van der Waals surface area contributed by atoms with Gasteiger partial charge in [-0.2, -0.15) is 0 Å². The maximum absolute atomic E-state index is 5.81. The Morgan fingerprint density at radius 1 is 1.45 bits per heavy atom. The third-order valence-electron chi connectivity index (χ3n) is 1.46. The molecule has 0 bridgehead atoms. The Morgan fingerprint density at radius 2 is 2.27 bits per heavy atom. The van der Waals surface area contributed by atoms with E-state index in [1.807, 2.05) is 25.1 Å². The van der Waals surface area contributed by atoms with Crippen LogP contribution < -0.4 is 0 Å². The monoisotopic (exact) mass is 183 g/mol. The van der Waals surface area contributed by atoms with Crippen molar-refractivity contribution in [3.63, 3.8) is 0 Å². The van der Waals surface area contributed by atoms with Crippen molar-refractivity contribution in [2.24, 2.45) is 0 Å². The summed E-state index contributed by atoms with van der Waals surface area (Å²) in [7, 11) is 0. The molecule has 3 heteroatoms. The molecule has 2 rings (SSSR count). The van der Waals surface area contributed by atoms with E-state index in [1.54, 1.807) is 11.3 Å². The molecular formula is C8H6ClNS. The van der Waals surface area contributed by atoms with Crippen LogP contribution in [0.25, 0.3) is 10.2 Å². The Morgan fingerprint density at radius 3 is 3.09 bits per heavy atom. The first-order chi connectivity index (χ1) is 5.25. The van der Waals surface area contributed by atoms with Crippen LogP contribution in [0.2, 0.25) is 5.02 Å². The van der Waals surface area contributed by atoms with Crippen LogP contribution in [0.15, 0.2) is 18.2 Å². The first kappa shape index (κ1) is 7.07. The minimum absolute atomic E-state index is 0.779. The van der Waals surface area contributed by atoms with Crippen LogP contribution >= 0.6 is 22.9 Å². The fourth-order valence-corrected chi connectivity index (χ4v) is 2.12. The fraction of sp³-hybridized carbons (Fsp3) is 0.125. The van der Waals surface area contributed by atoms with E-state index in [9.17, 15) is 0 Å². The van der Waals surface area contributed by atoms with E-state index in [2.05, 4.69) is 4.98 Å². The molecule has 0 N–H and O–H groups in total. The number of thiazole rings is 1. The van der Waals surface area contributed by atoms with Gasteiger partial charge in [-0.25, -0.2) is 4.98 Å². The standard InChI is InChI=1S/C8H6ClNS/c1-5-10-7-3-2-6(9)4-8(7)11-5/h2-4H,1H3. The molecule has 1 aromatic heterocycles. The maximum Gasteiger partial charge on any atom is 0.0907 e. The molecule has 0 radical (unpaired) electrons. The van der Waals surface area contributed by atoms with Gasteiger partial charge in [-0.15, -0.1) is 11.3 Å². The number of aryl methyl sites for hydroxylation is 1. The summed E-state index contributed by atoms with van der Waals surface area (Å²) < 4.78 is 1.16. The molecule has 1 aromatic carbocycles. The first-order valence-corrected chi connectivity index (χ1v) is 4.48. The molecule has 0 saturated heterocycles. The lowest BCUT2D eigenvalue weighted by Crippen LogP contribution is -1.67. The summed E-state index contributed by atoms with van der Waals surface area (Å²) >= 11 is 7.48. The topological polar surface area (TPSA) is 12.9 Å². The zero-order chi connectivity index (χ0) is 7.84.